The van der Waals surface area contributed by atoms with E-state index < -0.39 is 29.4 Å². The van der Waals surface area contributed by atoms with Gasteiger partial charge in [0.1, 0.15) is 0 Å². The Labute approximate surface area is 164 Å². The average molecular weight is 408 g/mol. The molecule has 3 rings (SSSR count). The number of hydrogen-bond donors (Lipinski definition) is 1. The minimum absolute atomic E-state index is 0.222. The smallest absolute Gasteiger partial charge is 0.345 e. The molecular formula is C20H17ClF3N3O. The molecule has 1 amide bonds. The van der Waals surface area contributed by atoms with Crippen LogP contribution in [0, 0.1) is 6.92 Å². The van der Waals surface area contributed by atoms with Gasteiger partial charge in [0.25, 0.3) is 5.91 Å². The number of halogens is 4. The van der Waals surface area contributed by atoms with Gasteiger partial charge >= 0.3 is 6.18 Å². The molecule has 0 aliphatic rings. The molecule has 0 spiro atoms. The molecule has 3 aromatic rings. The average Bonchev–Trinajstić information content (AvgIpc) is 3.08. The Balaban J connectivity index is 1.95. The first-order chi connectivity index (χ1) is 13.2. The summed E-state index contributed by atoms with van der Waals surface area (Å²) < 4.78 is 41.9. The number of hydrogen-bond acceptors (Lipinski definition) is 2. The molecule has 1 N–H and O–H groups in total. The maximum atomic E-state index is 13.7. The number of rotatable bonds is 4. The van der Waals surface area contributed by atoms with Gasteiger partial charge in [-0.3, -0.25) is 4.79 Å². The van der Waals surface area contributed by atoms with E-state index in [1.54, 1.807) is 43.3 Å². The van der Waals surface area contributed by atoms with E-state index in [0.717, 1.165) is 16.4 Å². The summed E-state index contributed by atoms with van der Waals surface area (Å²) in [4.78, 5) is 12.6. The molecule has 1 atom stereocenters. The van der Waals surface area contributed by atoms with Crippen molar-refractivity contribution in [2.75, 3.05) is 0 Å². The van der Waals surface area contributed by atoms with Gasteiger partial charge in [-0.15, -0.1) is 0 Å². The van der Waals surface area contributed by atoms with E-state index in [1.165, 1.54) is 12.1 Å². The predicted molar refractivity (Wildman–Crippen MR) is 101 cm³/mol. The molecule has 2 aromatic carbocycles. The number of carbonyl (C=O) groups excluding carboxylic acids is 1. The standard InChI is InChI=1S/C20H17ClF3N3O/c1-12-6-8-16(9-7-12)27-18(20(22,23)24)17(11-25-27)19(28)26-13(2)14-4-3-5-15(21)10-14/h3-11,13H,1-2H3,(H,26,28). The SMILES string of the molecule is Cc1ccc(-n2ncc(C(=O)NC(C)c3cccc(Cl)c3)c2C(F)(F)F)cc1. The molecule has 8 heteroatoms. The number of amides is 1. The summed E-state index contributed by atoms with van der Waals surface area (Å²) in [5.41, 5.74) is 0.145. The van der Waals surface area contributed by atoms with Crippen molar-refractivity contribution in [2.45, 2.75) is 26.1 Å². The van der Waals surface area contributed by atoms with Gasteiger partial charge in [-0.05, 0) is 43.7 Å². The van der Waals surface area contributed by atoms with Gasteiger partial charge in [-0.2, -0.15) is 18.3 Å². The molecule has 0 aliphatic heterocycles. The third-order valence-corrected chi connectivity index (χ3v) is 4.49. The Morgan fingerprint density at radius 3 is 2.46 bits per heavy atom. The molecular weight excluding hydrogens is 391 g/mol. The number of benzene rings is 2. The van der Waals surface area contributed by atoms with Gasteiger partial charge < -0.3 is 5.32 Å². The van der Waals surface area contributed by atoms with Crippen LogP contribution in [0.3, 0.4) is 0 Å². The van der Waals surface area contributed by atoms with Crippen LogP contribution in [-0.4, -0.2) is 15.7 Å². The molecule has 0 radical (unpaired) electrons. The Hall–Kier alpha value is -2.80. The number of alkyl halides is 3. The monoisotopic (exact) mass is 407 g/mol. The van der Waals surface area contributed by atoms with Crippen molar-refractivity contribution in [2.24, 2.45) is 0 Å². The normalized spacial score (nSPS) is 12.6. The van der Waals surface area contributed by atoms with Gasteiger partial charge in [0.05, 0.1) is 23.5 Å². The van der Waals surface area contributed by atoms with Crippen LogP contribution in [0.5, 0.6) is 0 Å². The fourth-order valence-electron chi connectivity index (χ4n) is 2.80. The van der Waals surface area contributed by atoms with Gasteiger partial charge in [0.15, 0.2) is 5.69 Å². The zero-order chi connectivity index (χ0) is 20.5. The molecule has 0 aliphatic carbocycles. The van der Waals surface area contributed by atoms with Crippen molar-refractivity contribution < 1.29 is 18.0 Å². The van der Waals surface area contributed by atoms with Crippen molar-refractivity contribution in [1.29, 1.82) is 0 Å². The van der Waals surface area contributed by atoms with Crippen molar-refractivity contribution in [3.05, 3.63) is 82.1 Å². The van der Waals surface area contributed by atoms with Crippen LogP contribution >= 0.6 is 11.6 Å². The molecule has 0 saturated heterocycles. The van der Waals surface area contributed by atoms with Crippen LogP contribution in [0.2, 0.25) is 5.02 Å². The lowest BCUT2D eigenvalue weighted by molar-refractivity contribution is -0.143. The van der Waals surface area contributed by atoms with Crippen molar-refractivity contribution in [3.63, 3.8) is 0 Å². The van der Waals surface area contributed by atoms with Crippen LogP contribution in [0.15, 0.2) is 54.7 Å². The van der Waals surface area contributed by atoms with Crippen molar-refractivity contribution in [1.82, 2.24) is 15.1 Å². The summed E-state index contributed by atoms with van der Waals surface area (Å²) >= 11 is 5.93. The third-order valence-electron chi connectivity index (χ3n) is 4.26. The number of aryl methyl sites for hydroxylation is 1. The van der Waals surface area contributed by atoms with E-state index in [-0.39, 0.29) is 5.69 Å². The molecule has 28 heavy (non-hydrogen) atoms. The maximum Gasteiger partial charge on any atom is 0.434 e. The first-order valence-electron chi connectivity index (χ1n) is 8.45. The van der Waals surface area contributed by atoms with Crippen LogP contribution < -0.4 is 5.32 Å². The second kappa shape index (κ2) is 7.67. The number of carbonyl (C=O) groups is 1. The van der Waals surface area contributed by atoms with Gasteiger partial charge in [0, 0.05) is 5.02 Å². The van der Waals surface area contributed by atoms with Crippen LogP contribution in [-0.2, 0) is 6.18 Å². The van der Waals surface area contributed by atoms with Crippen molar-refractivity contribution in [3.8, 4) is 5.69 Å². The quantitative estimate of drug-likeness (QED) is 0.634. The minimum atomic E-state index is -4.76. The van der Waals surface area contributed by atoms with E-state index in [1.807, 2.05) is 6.92 Å². The maximum absolute atomic E-state index is 13.7. The zero-order valence-corrected chi connectivity index (χ0v) is 15.8. The lowest BCUT2D eigenvalue weighted by Crippen LogP contribution is -2.29. The highest BCUT2D eigenvalue weighted by Gasteiger charge is 2.40. The molecule has 146 valence electrons. The van der Waals surface area contributed by atoms with Gasteiger partial charge in [-0.1, -0.05) is 41.4 Å². The Morgan fingerprint density at radius 1 is 1.18 bits per heavy atom. The predicted octanol–water partition coefficient (Wildman–Crippen LogP) is 5.34. The lowest BCUT2D eigenvalue weighted by atomic mass is 10.1. The van der Waals surface area contributed by atoms with Crippen molar-refractivity contribution >= 4 is 17.5 Å². The Morgan fingerprint density at radius 2 is 1.86 bits per heavy atom. The molecule has 1 heterocycles. The largest absolute Gasteiger partial charge is 0.434 e. The summed E-state index contributed by atoms with van der Waals surface area (Å²) in [5, 5.41) is 6.86. The molecule has 1 aromatic heterocycles. The second-order valence-electron chi connectivity index (χ2n) is 6.40. The van der Waals surface area contributed by atoms with E-state index in [0.29, 0.717) is 10.6 Å². The summed E-state index contributed by atoms with van der Waals surface area (Å²) in [5.74, 6) is -0.863. The first-order valence-corrected chi connectivity index (χ1v) is 8.83. The second-order valence-corrected chi connectivity index (χ2v) is 6.84. The van der Waals surface area contributed by atoms with E-state index in [9.17, 15) is 18.0 Å². The molecule has 4 nitrogen and oxygen atoms in total. The summed E-state index contributed by atoms with van der Waals surface area (Å²) in [6, 6.07) is 12.6. The zero-order valence-electron chi connectivity index (χ0n) is 15.1. The fourth-order valence-corrected chi connectivity index (χ4v) is 3.00. The Kier molecular flexibility index (Phi) is 5.47. The Bertz CT molecular complexity index is 997. The highest BCUT2D eigenvalue weighted by atomic mass is 35.5. The number of nitrogens with zero attached hydrogens (tertiary/aromatic N) is 2. The van der Waals surface area contributed by atoms with E-state index in [4.69, 9.17) is 11.6 Å². The number of aromatic nitrogens is 2. The summed E-state index contributed by atoms with van der Waals surface area (Å²) in [7, 11) is 0. The highest BCUT2D eigenvalue weighted by Crippen LogP contribution is 2.34. The summed E-state index contributed by atoms with van der Waals surface area (Å²) in [6.07, 6.45) is -3.82. The van der Waals surface area contributed by atoms with Gasteiger partial charge in [0.2, 0.25) is 0 Å². The topological polar surface area (TPSA) is 46.9 Å². The van der Waals surface area contributed by atoms with E-state index >= 15 is 0 Å². The molecule has 0 saturated carbocycles. The van der Waals surface area contributed by atoms with E-state index in [2.05, 4.69) is 10.4 Å². The van der Waals surface area contributed by atoms with Crippen LogP contribution in [0.4, 0.5) is 13.2 Å². The first kappa shape index (κ1) is 19.9. The minimum Gasteiger partial charge on any atom is -0.345 e. The van der Waals surface area contributed by atoms with Crippen LogP contribution in [0.1, 0.15) is 40.1 Å². The highest BCUT2D eigenvalue weighted by molar-refractivity contribution is 6.30. The van der Waals surface area contributed by atoms with Gasteiger partial charge in [-0.25, -0.2) is 4.68 Å². The molecule has 1 unspecified atom stereocenters. The fraction of sp³-hybridized carbons (Fsp3) is 0.200. The number of nitrogens with one attached hydrogen (secondary N) is 1. The third kappa shape index (κ3) is 4.20. The lowest BCUT2D eigenvalue weighted by Gasteiger charge is -2.16. The van der Waals surface area contributed by atoms with Crippen LogP contribution in [0.25, 0.3) is 5.69 Å². The molecule has 0 bridgehead atoms. The summed E-state index contributed by atoms with van der Waals surface area (Å²) in [6.45, 7) is 3.49. The molecule has 0 fully saturated rings.